The van der Waals surface area contributed by atoms with Crippen LogP contribution in [0, 0.1) is 6.57 Å². The highest BCUT2D eigenvalue weighted by Crippen LogP contribution is 2.64. The Hall–Kier alpha value is -2.75. The minimum Gasteiger partial charge on any atom is -0.181 e. The first kappa shape index (κ1) is 16.7. The molecule has 26 heavy (non-hydrogen) atoms. The van der Waals surface area contributed by atoms with E-state index >= 15 is 0 Å². The third-order valence-corrected chi connectivity index (χ3v) is 8.19. The van der Waals surface area contributed by atoms with E-state index in [1.807, 2.05) is 12.1 Å². The first-order chi connectivity index (χ1) is 12.9. The Labute approximate surface area is 155 Å². The molecule has 1 aliphatic rings. The minimum absolute atomic E-state index is 0.330. The van der Waals surface area contributed by atoms with Crippen molar-refractivity contribution >= 4 is 18.9 Å². The molecule has 1 atom stereocenters. The molecule has 0 bridgehead atoms. The maximum Gasteiger partial charge on any atom is 0.120 e. The molecule has 4 rings (SSSR count). The zero-order chi connectivity index (χ0) is 17.8. The molecule has 2 nitrogen and oxygen atoms in total. The van der Waals surface area contributed by atoms with Crippen molar-refractivity contribution in [2.24, 2.45) is 5.10 Å². The molecule has 0 spiro atoms. The first-order valence-corrected chi connectivity index (χ1v) is 10.3. The van der Waals surface area contributed by atoms with Crippen LogP contribution < -0.4 is 5.30 Å². The van der Waals surface area contributed by atoms with Gasteiger partial charge in [-0.1, -0.05) is 98.9 Å². The van der Waals surface area contributed by atoms with Gasteiger partial charge in [0.05, 0.1) is 10.3 Å². The summed E-state index contributed by atoms with van der Waals surface area (Å²) in [7, 11) is -0.565. The number of hydrogen-bond donors (Lipinski definition) is 0. The highest BCUT2D eigenvalue weighted by Gasteiger charge is 2.52. The standard InChI is InChI=1S/C23H19N2P/c1-24-25-22-17-18-26(21-15-9-4-10-16-21)23(22,19-11-5-2-6-12-19)20-13-7-3-8-14-20/h2-16H,17-18H2. The summed E-state index contributed by atoms with van der Waals surface area (Å²) in [5.74, 6) is 0. The number of nitrogens with zero attached hydrogens (tertiary/aromatic N) is 2. The summed E-state index contributed by atoms with van der Waals surface area (Å²) in [4.78, 5) is 3.44. The molecule has 0 N–H and O–H groups in total. The number of rotatable bonds is 3. The highest BCUT2D eigenvalue weighted by molar-refractivity contribution is 7.68. The third kappa shape index (κ3) is 2.66. The smallest absolute Gasteiger partial charge is 0.120 e. The van der Waals surface area contributed by atoms with Crippen molar-refractivity contribution in [3.63, 3.8) is 0 Å². The van der Waals surface area contributed by atoms with Crippen LogP contribution in [0.3, 0.4) is 0 Å². The van der Waals surface area contributed by atoms with Crippen LogP contribution in [0.1, 0.15) is 17.5 Å². The zero-order valence-electron chi connectivity index (χ0n) is 14.4. The van der Waals surface area contributed by atoms with Gasteiger partial charge in [0, 0.05) is 0 Å². The molecule has 1 unspecified atom stereocenters. The zero-order valence-corrected chi connectivity index (χ0v) is 15.3. The number of benzene rings is 3. The molecule has 3 aromatic rings. The molecule has 126 valence electrons. The topological polar surface area (TPSA) is 16.7 Å². The summed E-state index contributed by atoms with van der Waals surface area (Å²) in [5.41, 5.74) is 3.47. The quantitative estimate of drug-likeness (QED) is 0.339. The van der Waals surface area contributed by atoms with Crippen molar-refractivity contribution < 1.29 is 0 Å². The van der Waals surface area contributed by atoms with Gasteiger partial charge in [-0.05, 0) is 29.0 Å². The van der Waals surface area contributed by atoms with Crippen LogP contribution in [-0.4, -0.2) is 11.9 Å². The minimum atomic E-state index is -0.565. The van der Waals surface area contributed by atoms with E-state index in [4.69, 9.17) is 6.57 Å². The summed E-state index contributed by atoms with van der Waals surface area (Å²) in [5, 5.41) is 5.37. The van der Waals surface area contributed by atoms with Crippen molar-refractivity contribution in [3.8, 4) is 0 Å². The largest absolute Gasteiger partial charge is 0.181 e. The van der Waals surface area contributed by atoms with Gasteiger partial charge in [-0.2, -0.15) is 6.57 Å². The van der Waals surface area contributed by atoms with Crippen LogP contribution in [0.25, 0.3) is 4.95 Å². The Morgan fingerprint density at radius 1 is 0.769 bits per heavy atom. The van der Waals surface area contributed by atoms with E-state index in [0.29, 0.717) is 0 Å². The second kappa shape index (κ2) is 7.24. The van der Waals surface area contributed by atoms with E-state index in [9.17, 15) is 0 Å². The van der Waals surface area contributed by atoms with Gasteiger partial charge in [-0.15, -0.1) is 4.95 Å². The lowest BCUT2D eigenvalue weighted by Gasteiger charge is -2.36. The summed E-state index contributed by atoms with van der Waals surface area (Å²) in [6.45, 7) is 7.38. The maximum absolute atomic E-state index is 7.38. The molecular formula is C23H19N2P. The average molecular weight is 354 g/mol. The van der Waals surface area contributed by atoms with E-state index in [-0.39, 0.29) is 5.16 Å². The predicted molar refractivity (Wildman–Crippen MR) is 110 cm³/mol. The molecule has 0 amide bonds. The summed E-state index contributed by atoms with van der Waals surface area (Å²) in [6, 6.07) is 32.0. The summed E-state index contributed by atoms with van der Waals surface area (Å²) in [6.07, 6.45) is 1.92. The molecule has 0 saturated carbocycles. The predicted octanol–water partition coefficient (Wildman–Crippen LogP) is 5.42. The van der Waals surface area contributed by atoms with E-state index in [1.165, 1.54) is 16.4 Å². The number of hydrogen-bond acceptors (Lipinski definition) is 1. The van der Waals surface area contributed by atoms with Gasteiger partial charge in [0.1, 0.15) is 5.71 Å². The lowest BCUT2D eigenvalue weighted by atomic mass is 9.85. The lowest BCUT2D eigenvalue weighted by molar-refractivity contribution is 0.977. The molecule has 0 radical (unpaired) electrons. The van der Waals surface area contributed by atoms with Crippen LogP contribution in [0.15, 0.2) is 96.1 Å². The van der Waals surface area contributed by atoms with E-state index in [2.05, 4.69) is 88.9 Å². The Kier molecular flexibility index (Phi) is 4.65. The van der Waals surface area contributed by atoms with Crippen molar-refractivity contribution in [3.05, 3.63) is 114 Å². The first-order valence-electron chi connectivity index (χ1n) is 8.75. The fourth-order valence-corrected chi connectivity index (χ4v) is 7.34. The maximum atomic E-state index is 7.38. The molecule has 1 fully saturated rings. The van der Waals surface area contributed by atoms with E-state index < -0.39 is 7.92 Å². The lowest BCUT2D eigenvalue weighted by Crippen LogP contribution is -2.33. The Morgan fingerprint density at radius 2 is 1.27 bits per heavy atom. The van der Waals surface area contributed by atoms with Crippen LogP contribution in [-0.2, 0) is 5.16 Å². The molecule has 0 aromatic heterocycles. The van der Waals surface area contributed by atoms with Gasteiger partial charge in [0.25, 0.3) is 0 Å². The normalized spacial score (nSPS) is 20.0. The Bertz CT molecular complexity index is 904. The summed E-state index contributed by atoms with van der Waals surface area (Å²) < 4.78 is 0. The highest BCUT2D eigenvalue weighted by atomic mass is 31.1. The third-order valence-electron chi connectivity index (χ3n) is 5.02. The summed E-state index contributed by atoms with van der Waals surface area (Å²) >= 11 is 0. The van der Waals surface area contributed by atoms with Gasteiger partial charge in [-0.3, -0.25) is 0 Å². The average Bonchev–Trinajstić information content (AvgIpc) is 3.10. The van der Waals surface area contributed by atoms with Crippen molar-refractivity contribution in [2.75, 3.05) is 6.16 Å². The molecule has 1 heterocycles. The fraction of sp³-hybridized carbons (Fsp3) is 0.130. The van der Waals surface area contributed by atoms with Gasteiger partial charge >= 0.3 is 0 Å². The SMILES string of the molecule is [C-]#[N+]N=C1CCP(c2ccccc2)C1(c1ccccc1)c1ccccc1. The van der Waals surface area contributed by atoms with Crippen LogP contribution >= 0.6 is 7.92 Å². The fourth-order valence-electron chi connectivity index (χ4n) is 4.01. The molecule has 3 aromatic carbocycles. The van der Waals surface area contributed by atoms with Gasteiger partial charge in [0.2, 0.25) is 0 Å². The molecule has 0 aliphatic carbocycles. The van der Waals surface area contributed by atoms with Crippen LogP contribution in [0.2, 0.25) is 0 Å². The Morgan fingerprint density at radius 3 is 1.77 bits per heavy atom. The van der Waals surface area contributed by atoms with Gasteiger partial charge in [0.15, 0.2) is 0 Å². The molecule has 3 heteroatoms. The van der Waals surface area contributed by atoms with Crippen LogP contribution in [0.5, 0.6) is 0 Å². The molecular weight excluding hydrogens is 335 g/mol. The van der Waals surface area contributed by atoms with E-state index in [0.717, 1.165) is 18.3 Å². The second-order valence-electron chi connectivity index (χ2n) is 6.33. The van der Waals surface area contributed by atoms with Gasteiger partial charge in [-0.25, -0.2) is 0 Å². The van der Waals surface area contributed by atoms with E-state index in [1.54, 1.807) is 0 Å². The van der Waals surface area contributed by atoms with Crippen molar-refractivity contribution in [2.45, 2.75) is 11.6 Å². The molecule has 1 aliphatic heterocycles. The molecule has 1 saturated heterocycles. The van der Waals surface area contributed by atoms with Crippen LogP contribution in [0.4, 0.5) is 0 Å². The van der Waals surface area contributed by atoms with Gasteiger partial charge < -0.3 is 0 Å². The van der Waals surface area contributed by atoms with Crippen molar-refractivity contribution in [1.29, 1.82) is 0 Å². The second-order valence-corrected chi connectivity index (χ2v) is 8.82. The van der Waals surface area contributed by atoms with Crippen molar-refractivity contribution in [1.82, 2.24) is 0 Å². The Balaban J connectivity index is 2.04. The monoisotopic (exact) mass is 354 g/mol.